The van der Waals surface area contributed by atoms with Crippen LogP contribution < -0.4 is 5.73 Å². The Morgan fingerprint density at radius 2 is 1.57 bits per heavy atom. The number of anilines is 1. The molecule has 2 aromatic heterocycles. The first-order valence-corrected chi connectivity index (χ1v) is 7.90. The quantitative estimate of drug-likeness (QED) is 0.545. The van der Waals surface area contributed by atoms with Crippen molar-refractivity contribution in [1.82, 2.24) is 25.2 Å². The first-order valence-electron chi connectivity index (χ1n) is 7.90. The highest BCUT2D eigenvalue weighted by atomic mass is 19.2. The fourth-order valence-electron chi connectivity index (χ4n) is 2.70. The molecule has 2 N–H and O–H groups in total. The minimum absolute atomic E-state index is 0.0339. The number of nitrogens with two attached hydrogens (primary N) is 1. The van der Waals surface area contributed by atoms with E-state index < -0.39 is 23.3 Å². The zero-order valence-corrected chi connectivity index (χ0v) is 13.9. The summed E-state index contributed by atoms with van der Waals surface area (Å²) in [5.74, 6) is -4.41. The molecule has 140 valence electrons. The summed E-state index contributed by atoms with van der Waals surface area (Å²) >= 11 is 0. The van der Waals surface area contributed by atoms with Crippen LogP contribution in [0.2, 0.25) is 0 Å². The molecule has 4 aromatic rings. The molecule has 0 aliphatic rings. The van der Waals surface area contributed by atoms with Gasteiger partial charge in [0.25, 0.3) is 0 Å². The largest absolute Gasteiger partial charge is 0.383 e. The summed E-state index contributed by atoms with van der Waals surface area (Å²) < 4.78 is 56.4. The van der Waals surface area contributed by atoms with Crippen molar-refractivity contribution in [2.75, 3.05) is 5.73 Å². The van der Waals surface area contributed by atoms with Gasteiger partial charge in [-0.2, -0.15) is 4.68 Å². The number of rotatable bonds is 3. The maximum absolute atomic E-state index is 14.2. The zero-order valence-electron chi connectivity index (χ0n) is 13.9. The van der Waals surface area contributed by atoms with E-state index in [1.807, 2.05) is 0 Å². The van der Waals surface area contributed by atoms with Crippen molar-refractivity contribution in [1.29, 1.82) is 0 Å². The van der Waals surface area contributed by atoms with E-state index in [0.717, 1.165) is 16.8 Å². The van der Waals surface area contributed by atoms with Crippen LogP contribution in [0.3, 0.4) is 0 Å². The van der Waals surface area contributed by atoms with Gasteiger partial charge in [0.2, 0.25) is 0 Å². The molecule has 2 aromatic carbocycles. The first kappa shape index (κ1) is 17.6. The number of nitrogens with zero attached hydrogens (tertiary/aromatic N) is 5. The third-order valence-corrected chi connectivity index (χ3v) is 4.05. The lowest BCUT2D eigenvalue weighted by Crippen LogP contribution is -2.06. The van der Waals surface area contributed by atoms with Gasteiger partial charge in [0.05, 0.1) is 5.56 Å². The number of halogens is 4. The Balaban J connectivity index is 1.89. The highest BCUT2D eigenvalue weighted by Crippen LogP contribution is 2.31. The maximum Gasteiger partial charge on any atom is 0.190 e. The summed E-state index contributed by atoms with van der Waals surface area (Å²) in [6.07, 6.45) is 1.26. The Kier molecular flexibility index (Phi) is 4.22. The van der Waals surface area contributed by atoms with Crippen molar-refractivity contribution >= 4 is 5.82 Å². The van der Waals surface area contributed by atoms with Crippen LogP contribution in [0.25, 0.3) is 28.2 Å². The molecular weight excluding hydrogens is 376 g/mol. The molecule has 0 aliphatic carbocycles. The molecule has 4 rings (SSSR count). The number of hydrogen-bond acceptors (Lipinski definition) is 5. The maximum atomic E-state index is 14.2. The molecule has 0 saturated carbocycles. The second kappa shape index (κ2) is 6.72. The monoisotopic (exact) mass is 386 g/mol. The van der Waals surface area contributed by atoms with E-state index in [-0.39, 0.29) is 34.0 Å². The molecule has 0 radical (unpaired) electrons. The van der Waals surface area contributed by atoms with Gasteiger partial charge in [0, 0.05) is 17.3 Å². The number of tetrazole rings is 1. The molecule has 0 aliphatic heterocycles. The van der Waals surface area contributed by atoms with Crippen LogP contribution in [0.15, 0.2) is 48.7 Å². The SMILES string of the molecule is Nc1ncc(-c2cccc(F)c2F)cc1-c1nnnn1-c1cccc(F)c1F. The van der Waals surface area contributed by atoms with Crippen LogP contribution in [0.1, 0.15) is 0 Å². The van der Waals surface area contributed by atoms with Crippen molar-refractivity contribution < 1.29 is 17.6 Å². The average Bonchev–Trinajstić information content (AvgIpc) is 3.16. The summed E-state index contributed by atoms with van der Waals surface area (Å²) in [6, 6.07) is 8.60. The number of aromatic nitrogens is 5. The Morgan fingerprint density at radius 1 is 0.857 bits per heavy atom. The fraction of sp³-hybridized carbons (Fsp3) is 0. The Labute approximate surface area is 155 Å². The van der Waals surface area contributed by atoms with Gasteiger partial charge in [-0.3, -0.25) is 0 Å². The topological polar surface area (TPSA) is 82.5 Å². The number of hydrogen-bond donors (Lipinski definition) is 1. The van der Waals surface area contributed by atoms with Gasteiger partial charge in [-0.1, -0.05) is 18.2 Å². The summed E-state index contributed by atoms with van der Waals surface area (Å²) in [7, 11) is 0. The van der Waals surface area contributed by atoms with E-state index >= 15 is 0 Å². The second-order valence-corrected chi connectivity index (χ2v) is 5.75. The van der Waals surface area contributed by atoms with Gasteiger partial charge in [0.15, 0.2) is 29.1 Å². The van der Waals surface area contributed by atoms with E-state index in [1.54, 1.807) is 0 Å². The summed E-state index contributed by atoms with van der Waals surface area (Å²) in [5.41, 5.74) is 5.92. The fourth-order valence-corrected chi connectivity index (χ4v) is 2.70. The Morgan fingerprint density at radius 3 is 2.36 bits per heavy atom. The Bertz CT molecular complexity index is 1190. The number of benzene rings is 2. The van der Waals surface area contributed by atoms with Crippen LogP contribution in [0.5, 0.6) is 0 Å². The van der Waals surface area contributed by atoms with Crippen LogP contribution >= 0.6 is 0 Å². The second-order valence-electron chi connectivity index (χ2n) is 5.75. The highest BCUT2D eigenvalue weighted by molar-refractivity contribution is 5.76. The van der Waals surface area contributed by atoms with Crippen molar-refractivity contribution in [3.8, 4) is 28.2 Å². The van der Waals surface area contributed by atoms with Crippen LogP contribution in [-0.4, -0.2) is 25.2 Å². The van der Waals surface area contributed by atoms with Crippen molar-refractivity contribution in [2.24, 2.45) is 0 Å². The lowest BCUT2D eigenvalue weighted by Gasteiger charge is -2.10. The van der Waals surface area contributed by atoms with E-state index in [9.17, 15) is 17.6 Å². The molecule has 0 amide bonds. The van der Waals surface area contributed by atoms with Gasteiger partial charge in [-0.25, -0.2) is 22.5 Å². The molecule has 6 nitrogen and oxygen atoms in total. The summed E-state index contributed by atoms with van der Waals surface area (Å²) in [5, 5.41) is 10.9. The zero-order chi connectivity index (χ0) is 19.8. The van der Waals surface area contributed by atoms with Crippen molar-refractivity contribution in [3.63, 3.8) is 0 Å². The van der Waals surface area contributed by atoms with Crippen LogP contribution in [-0.2, 0) is 0 Å². The van der Waals surface area contributed by atoms with E-state index in [0.29, 0.717) is 0 Å². The predicted molar refractivity (Wildman–Crippen MR) is 92.1 cm³/mol. The smallest absolute Gasteiger partial charge is 0.190 e. The van der Waals surface area contributed by atoms with Crippen LogP contribution in [0.4, 0.5) is 23.4 Å². The van der Waals surface area contributed by atoms with Gasteiger partial charge in [0.1, 0.15) is 11.5 Å². The molecule has 28 heavy (non-hydrogen) atoms. The first-order chi connectivity index (χ1) is 13.5. The molecule has 0 saturated heterocycles. The minimum atomic E-state index is -1.16. The molecule has 0 fully saturated rings. The normalized spacial score (nSPS) is 11.0. The highest BCUT2D eigenvalue weighted by Gasteiger charge is 2.20. The number of pyridine rings is 1. The summed E-state index contributed by atoms with van der Waals surface area (Å²) in [4.78, 5) is 3.97. The standard InChI is InChI=1S/C18H10F4N6/c19-12-4-1-3-10(15(12)21)9-7-11(17(23)24-8-9)18-25-26-27-28(18)14-6-2-5-13(20)16(14)22/h1-8H,(H2,23,24). The van der Waals surface area contributed by atoms with Gasteiger partial charge < -0.3 is 5.73 Å². The number of nitrogen functional groups attached to an aromatic ring is 1. The van der Waals surface area contributed by atoms with E-state index in [2.05, 4.69) is 20.5 Å². The third kappa shape index (κ3) is 2.84. The predicted octanol–water partition coefficient (Wildman–Crippen LogP) is 3.53. The average molecular weight is 386 g/mol. The van der Waals surface area contributed by atoms with Gasteiger partial charge in [-0.15, -0.1) is 5.10 Å². The Hall–Kier alpha value is -3.82. The van der Waals surface area contributed by atoms with Crippen molar-refractivity contribution in [3.05, 3.63) is 71.9 Å². The van der Waals surface area contributed by atoms with Crippen molar-refractivity contribution in [2.45, 2.75) is 0 Å². The lowest BCUT2D eigenvalue weighted by atomic mass is 10.0. The summed E-state index contributed by atoms with van der Waals surface area (Å²) in [6.45, 7) is 0. The van der Waals surface area contributed by atoms with Crippen LogP contribution in [0, 0.1) is 23.3 Å². The van der Waals surface area contributed by atoms with E-state index in [1.165, 1.54) is 36.5 Å². The molecule has 2 heterocycles. The lowest BCUT2D eigenvalue weighted by molar-refractivity contribution is 0.501. The minimum Gasteiger partial charge on any atom is -0.383 e. The molecule has 0 bridgehead atoms. The molecule has 0 unspecified atom stereocenters. The van der Waals surface area contributed by atoms with Gasteiger partial charge in [-0.05, 0) is 34.7 Å². The molecule has 0 spiro atoms. The van der Waals surface area contributed by atoms with E-state index in [4.69, 9.17) is 5.73 Å². The molecule has 0 atom stereocenters. The third-order valence-electron chi connectivity index (χ3n) is 4.05. The molecule has 10 heteroatoms. The van der Waals surface area contributed by atoms with Gasteiger partial charge >= 0.3 is 0 Å². The molecular formula is C18H10F4N6.